The van der Waals surface area contributed by atoms with Crippen LogP contribution in [0.2, 0.25) is 0 Å². The molecule has 3 aromatic rings. The molecule has 0 aliphatic carbocycles. The molecule has 0 spiro atoms. The van der Waals surface area contributed by atoms with Crippen LogP contribution in [0.4, 0.5) is 0 Å². The van der Waals surface area contributed by atoms with Crippen LogP contribution in [0.5, 0.6) is 0 Å². The van der Waals surface area contributed by atoms with Crippen molar-refractivity contribution in [1.82, 2.24) is 0 Å². The molecule has 0 unspecified atom stereocenters. The molecular formula is C23H18N2. The lowest BCUT2D eigenvalue weighted by Crippen LogP contribution is -2.25. The number of benzene rings is 3. The lowest BCUT2D eigenvalue weighted by molar-refractivity contribution is 1.22. The molecule has 0 amide bonds. The minimum absolute atomic E-state index is 0.885. The van der Waals surface area contributed by atoms with E-state index < -0.39 is 0 Å². The highest BCUT2D eigenvalue weighted by Crippen LogP contribution is 2.20. The van der Waals surface area contributed by atoms with Gasteiger partial charge in [0.15, 0.2) is 0 Å². The van der Waals surface area contributed by atoms with E-state index in [1.54, 1.807) is 0 Å². The first kappa shape index (κ1) is 15.3. The van der Waals surface area contributed by atoms with Crippen LogP contribution < -0.4 is 10.7 Å². The highest BCUT2D eigenvalue weighted by molar-refractivity contribution is 5.73. The van der Waals surface area contributed by atoms with Crippen LogP contribution in [0.15, 0.2) is 101 Å². The van der Waals surface area contributed by atoms with Crippen molar-refractivity contribution in [3.05, 3.63) is 118 Å². The Morgan fingerprint density at radius 1 is 0.520 bits per heavy atom. The van der Waals surface area contributed by atoms with Gasteiger partial charge in [0, 0.05) is 11.1 Å². The smallest absolute Gasteiger partial charge is 0.0893 e. The van der Waals surface area contributed by atoms with E-state index in [0.717, 1.165) is 33.2 Å². The van der Waals surface area contributed by atoms with Gasteiger partial charge in [-0.25, -0.2) is 9.98 Å². The van der Waals surface area contributed by atoms with Crippen LogP contribution in [-0.2, 0) is 0 Å². The second-order valence-electron chi connectivity index (χ2n) is 6.05. The second-order valence-corrected chi connectivity index (χ2v) is 6.05. The number of nitrogens with zero attached hydrogens (tertiary/aromatic N) is 2. The first-order chi connectivity index (χ1) is 12.3. The molecule has 120 valence electrons. The van der Waals surface area contributed by atoms with Gasteiger partial charge in [0.1, 0.15) is 0 Å². The summed E-state index contributed by atoms with van der Waals surface area (Å²) in [5.74, 6) is 0. The lowest BCUT2D eigenvalue weighted by atomic mass is 10.1. The zero-order chi connectivity index (χ0) is 17.1. The van der Waals surface area contributed by atoms with Gasteiger partial charge in [-0.15, -0.1) is 0 Å². The van der Waals surface area contributed by atoms with E-state index in [1.165, 1.54) is 5.56 Å². The van der Waals surface area contributed by atoms with Crippen molar-refractivity contribution < 1.29 is 0 Å². The quantitative estimate of drug-likeness (QED) is 0.671. The Bertz CT molecular complexity index is 1070. The molecule has 3 aromatic carbocycles. The van der Waals surface area contributed by atoms with Crippen molar-refractivity contribution in [3.63, 3.8) is 0 Å². The molecule has 0 saturated heterocycles. The predicted molar refractivity (Wildman–Crippen MR) is 102 cm³/mol. The molecule has 4 rings (SSSR count). The van der Waals surface area contributed by atoms with Crippen LogP contribution in [0.3, 0.4) is 0 Å². The van der Waals surface area contributed by atoms with Crippen LogP contribution in [-0.4, -0.2) is 0 Å². The predicted octanol–water partition coefficient (Wildman–Crippen LogP) is 4.33. The standard InChI is InChI=1S/C23H18N2/c1-17-11-13-19(14-12-17)21-16-15-20(18-7-3-2-4-8-18)24-22-9-5-6-10-23(22)25-21/h2-16H,1H3/b16-15?,20-15-,21-16-,24-20?,24-22?,25-21?,25-23?. The number of hydrogen-bond acceptors (Lipinski definition) is 2. The molecule has 2 nitrogen and oxygen atoms in total. The third kappa shape index (κ3) is 3.33. The van der Waals surface area contributed by atoms with Gasteiger partial charge >= 0.3 is 0 Å². The van der Waals surface area contributed by atoms with E-state index in [2.05, 4.69) is 43.3 Å². The Hall–Kier alpha value is -3.26. The average Bonchev–Trinajstić information content (AvgIpc) is 2.64. The van der Waals surface area contributed by atoms with Gasteiger partial charge in [0.05, 0.1) is 22.1 Å². The Balaban J connectivity index is 1.95. The Kier molecular flexibility index (Phi) is 4.09. The molecule has 0 bridgehead atoms. The van der Waals surface area contributed by atoms with Gasteiger partial charge in [0.2, 0.25) is 0 Å². The fourth-order valence-electron chi connectivity index (χ4n) is 2.80. The van der Waals surface area contributed by atoms with Crippen molar-refractivity contribution >= 4 is 11.4 Å². The molecule has 0 N–H and O–H groups in total. The number of hydrogen-bond donors (Lipinski definition) is 0. The minimum atomic E-state index is 0.885. The normalized spacial score (nSPS) is 17.5. The van der Waals surface area contributed by atoms with Crippen LogP contribution in [0, 0.1) is 6.92 Å². The highest BCUT2D eigenvalue weighted by Gasteiger charge is 2.05. The van der Waals surface area contributed by atoms with E-state index in [4.69, 9.17) is 9.98 Å². The van der Waals surface area contributed by atoms with Crippen LogP contribution in [0.1, 0.15) is 16.7 Å². The van der Waals surface area contributed by atoms with Crippen molar-refractivity contribution in [2.75, 3.05) is 0 Å². The van der Waals surface area contributed by atoms with Crippen LogP contribution >= 0.6 is 0 Å². The van der Waals surface area contributed by atoms with Crippen LogP contribution in [0.25, 0.3) is 11.4 Å². The molecule has 1 aliphatic heterocycles. The molecule has 0 atom stereocenters. The molecule has 1 aliphatic rings. The van der Waals surface area contributed by atoms with Crippen molar-refractivity contribution in [2.24, 2.45) is 9.98 Å². The van der Waals surface area contributed by atoms with E-state index in [-0.39, 0.29) is 0 Å². The van der Waals surface area contributed by atoms with Crippen molar-refractivity contribution in [2.45, 2.75) is 6.92 Å². The largest absolute Gasteiger partial charge is 0.246 e. The first-order valence-corrected chi connectivity index (χ1v) is 8.36. The number of rotatable bonds is 2. The maximum atomic E-state index is 4.85. The molecule has 0 aromatic heterocycles. The lowest BCUT2D eigenvalue weighted by Gasteiger charge is -2.07. The van der Waals surface area contributed by atoms with Gasteiger partial charge in [0.25, 0.3) is 0 Å². The Morgan fingerprint density at radius 3 is 1.56 bits per heavy atom. The molecule has 0 fully saturated rings. The summed E-state index contributed by atoms with van der Waals surface area (Å²) < 4.78 is 0. The monoisotopic (exact) mass is 322 g/mol. The zero-order valence-corrected chi connectivity index (χ0v) is 14.1. The van der Waals surface area contributed by atoms with Crippen molar-refractivity contribution in [3.8, 4) is 0 Å². The highest BCUT2D eigenvalue weighted by atomic mass is 14.8. The van der Waals surface area contributed by atoms with E-state index in [0.29, 0.717) is 0 Å². The molecular weight excluding hydrogens is 304 g/mol. The first-order valence-electron chi connectivity index (χ1n) is 8.36. The fourth-order valence-corrected chi connectivity index (χ4v) is 2.80. The third-order valence-electron chi connectivity index (χ3n) is 4.18. The van der Waals surface area contributed by atoms with E-state index in [9.17, 15) is 0 Å². The van der Waals surface area contributed by atoms with E-state index >= 15 is 0 Å². The summed E-state index contributed by atoms with van der Waals surface area (Å²) in [5, 5.41) is 1.77. The fraction of sp³-hybridized carbons (Fsp3) is 0.0435. The summed E-state index contributed by atoms with van der Waals surface area (Å²) in [5.41, 5.74) is 5.32. The maximum absolute atomic E-state index is 4.85. The SMILES string of the molecule is Cc1ccc(/C2=C/C=C(/c3ccccc3)N=c3ccccc3=N2)cc1. The zero-order valence-electron chi connectivity index (χ0n) is 14.1. The van der Waals surface area contributed by atoms with Gasteiger partial charge in [-0.3, -0.25) is 0 Å². The van der Waals surface area contributed by atoms with Gasteiger partial charge in [-0.05, 0) is 31.2 Å². The summed E-state index contributed by atoms with van der Waals surface area (Å²) in [4.78, 5) is 9.68. The van der Waals surface area contributed by atoms with Gasteiger partial charge in [-0.2, -0.15) is 0 Å². The number of allylic oxidation sites excluding steroid dienone is 2. The molecule has 0 saturated carbocycles. The summed E-state index contributed by atoms with van der Waals surface area (Å²) in [7, 11) is 0. The minimum Gasteiger partial charge on any atom is -0.246 e. The Morgan fingerprint density at radius 2 is 1.00 bits per heavy atom. The molecule has 25 heavy (non-hydrogen) atoms. The number of fused-ring (bicyclic) bond motifs is 1. The molecule has 0 radical (unpaired) electrons. The van der Waals surface area contributed by atoms with Crippen molar-refractivity contribution in [1.29, 1.82) is 0 Å². The van der Waals surface area contributed by atoms with Gasteiger partial charge < -0.3 is 0 Å². The maximum Gasteiger partial charge on any atom is 0.0893 e. The average molecular weight is 322 g/mol. The number of para-hydroxylation sites is 2. The summed E-state index contributed by atoms with van der Waals surface area (Å²) in [6.07, 6.45) is 4.09. The third-order valence-corrected chi connectivity index (χ3v) is 4.18. The molecule has 2 heteroatoms. The summed E-state index contributed by atoms with van der Waals surface area (Å²) >= 11 is 0. The summed E-state index contributed by atoms with van der Waals surface area (Å²) in [6.45, 7) is 2.09. The van der Waals surface area contributed by atoms with E-state index in [1.807, 2.05) is 54.6 Å². The molecule has 1 heterocycles. The van der Waals surface area contributed by atoms with Gasteiger partial charge in [-0.1, -0.05) is 72.3 Å². The topological polar surface area (TPSA) is 24.7 Å². The summed E-state index contributed by atoms with van der Waals surface area (Å²) in [6, 6.07) is 26.7. The Labute approximate surface area is 147 Å². The number of aryl methyl sites for hydroxylation is 1. The second kappa shape index (κ2) is 6.70.